The predicted octanol–water partition coefficient (Wildman–Crippen LogP) is 1.09. The number of hydrogen-bond acceptors (Lipinski definition) is 8. The van der Waals surface area contributed by atoms with Gasteiger partial charge in [0.1, 0.15) is 5.54 Å². The number of aromatic nitrogens is 1. The molecule has 2 N–H and O–H groups in total. The molecule has 9 nitrogen and oxygen atoms in total. The molecular weight excluding hydrogens is 380 g/mol. The van der Waals surface area contributed by atoms with Crippen LogP contribution in [0.15, 0.2) is 9.72 Å². The minimum atomic E-state index is -1.01. The number of esters is 1. The molecule has 0 aliphatic carbocycles. The number of urea groups is 1. The average molecular weight is 400 g/mol. The third kappa shape index (κ3) is 4.73. The fourth-order valence-electron chi connectivity index (χ4n) is 2.11. The lowest BCUT2D eigenvalue weighted by molar-refractivity contribution is -0.142. The Labute approximate surface area is 158 Å². The maximum Gasteiger partial charge on any atom is 0.344 e. The van der Waals surface area contributed by atoms with Crippen molar-refractivity contribution in [3.05, 3.63) is 11.1 Å². The van der Waals surface area contributed by atoms with Gasteiger partial charge in [0.05, 0.1) is 24.5 Å². The van der Waals surface area contributed by atoms with E-state index in [4.69, 9.17) is 4.74 Å². The molecule has 4 amide bonds. The number of nitrogens with zero attached hydrogens (tertiary/aromatic N) is 2. The molecule has 2 heterocycles. The lowest BCUT2D eigenvalue weighted by Crippen LogP contribution is -2.49. The second-order valence-electron chi connectivity index (χ2n) is 5.67. The second-order valence-corrected chi connectivity index (χ2v) is 7.75. The van der Waals surface area contributed by atoms with Crippen molar-refractivity contribution in [2.24, 2.45) is 0 Å². The summed E-state index contributed by atoms with van der Waals surface area (Å²) >= 11 is 2.46. The van der Waals surface area contributed by atoms with Gasteiger partial charge in [0.15, 0.2) is 4.34 Å². The third-order valence-corrected chi connectivity index (χ3v) is 5.76. The normalized spacial score (nSPS) is 19.4. The number of ether oxygens (including phenoxy) is 1. The molecule has 0 aromatic carbocycles. The van der Waals surface area contributed by atoms with Gasteiger partial charge < -0.3 is 10.1 Å². The zero-order valence-electron chi connectivity index (χ0n) is 14.7. The van der Waals surface area contributed by atoms with Crippen molar-refractivity contribution in [3.63, 3.8) is 0 Å². The summed E-state index contributed by atoms with van der Waals surface area (Å²) in [6, 6.07) is -0.649. The van der Waals surface area contributed by atoms with Crippen LogP contribution < -0.4 is 10.7 Å². The Morgan fingerprint density at radius 2 is 2.15 bits per heavy atom. The van der Waals surface area contributed by atoms with Gasteiger partial charge >= 0.3 is 12.0 Å². The smallest absolute Gasteiger partial charge is 0.344 e. The fraction of sp³-hybridized carbons (Fsp3) is 0.533. The van der Waals surface area contributed by atoms with Crippen molar-refractivity contribution in [1.29, 1.82) is 0 Å². The number of carbonyl (C=O) groups excluding carboxylic acids is 4. The molecule has 1 aliphatic rings. The number of hydrazine groups is 1. The van der Waals surface area contributed by atoms with Crippen LogP contribution in [0.4, 0.5) is 4.79 Å². The number of hydrogen-bond donors (Lipinski definition) is 2. The highest BCUT2D eigenvalue weighted by atomic mass is 32.2. The van der Waals surface area contributed by atoms with Gasteiger partial charge in [-0.1, -0.05) is 18.7 Å². The second kappa shape index (κ2) is 8.49. The van der Waals surface area contributed by atoms with E-state index in [2.05, 4.69) is 15.7 Å². The van der Waals surface area contributed by atoms with Crippen LogP contribution in [-0.4, -0.2) is 51.7 Å². The molecule has 26 heavy (non-hydrogen) atoms. The SMILES string of the molecule is CCOC(=O)Cc1csc(SCC(=O)NN2C(=O)NC(C)(CC)C2=O)n1. The number of thioether (sulfide) groups is 1. The zero-order valence-corrected chi connectivity index (χ0v) is 16.3. The summed E-state index contributed by atoms with van der Waals surface area (Å²) < 4.78 is 5.46. The van der Waals surface area contributed by atoms with Crippen LogP contribution in [-0.2, 0) is 25.5 Å². The summed E-state index contributed by atoms with van der Waals surface area (Å²) in [5, 5.41) is 4.98. The largest absolute Gasteiger partial charge is 0.466 e. The molecule has 1 saturated heterocycles. The van der Waals surface area contributed by atoms with Crippen LogP contribution >= 0.6 is 23.1 Å². The van der Waals surface area contributed by atoms with E-state index >= 15 is 0 Å². The quantitative estimate of drug-likeness (QED) is 0.381. The van der Waals surface area contributed by atoms with Crippen molar-refractivity contribution in [2.45, 2.75) is 43.5 Å². The van der Waals surface area contributed by atoms with Gasteiger partial charge in [-0.05, 0) is 20.3 Å². The first-order valence-corrected chi connectivity index (χ1v) is 9.84. The van der Waals surface area contributed by atoms with E-state index in [0.717, 1.165) is 11.8 Å². The topological polar surface area (TPSA) is 118 Å². The summed E-state index contributed by atoms with van der Waals surface area (Å²) in [4.78, 5) is 51.7. The zero-order chi connectivity index (χ0) is 19.3. The molecule has 1 atom stereocenters. The highest BCUT2D eigenvalue weighted by Crippen LogP contribution is 2.23. The molecule has 0 saturated carbocycles. The summed E-state index contributed by atoms with van der Waals surface area (Å²) in [6.07, 6.45) is 0.496. The Balaban J connectivity index is 1.84. The van der Waals surface area contributed by atoms with E-state index in [0.29, 0.717) is 28.1 Å². The first kappa shape index (κ1) is 20.2. The van der Waals surface area contributed by atoms with Crippen molar-refractivity contribution >= 4 is 46.9 Å². The van der Waals surface area contributed by atoms with Gasteiger partial charge in [0.25, 0.3) is 5.91 Å². The molecule has 142 valence electrons. The number of carbonyl (C=O) groups is 4. The van der Waals surface area contributed by atoms with E-state index in [1.54, 1.807) is 26.2 Å². The first-order valence-electron chi connectivity index (χ1n) is 7.98. The maximum atomic E-state index is 12.2. The Morgan fingerprint density at radius 1 is 1.42 bits per heavy atom. The van der Waals surface area contributed by atoms with Gasteiger partial charge in [-0.3, -0.25) is 19.8 Å². The van der Waals surface area contributed by atoms with Crippen molar-refractivity contribution < 1.29 is 23.9 Å². The highest BCUT2D eigenvalue weighted by molar-refractivity contribution is 8.01. The van der Waals surface area contributed by atoms with Crippen LogP contribution in [0.25, 0.3) is 0 Å². The molecule has 2 rings (SSSR count). The summed E-state index contributed by atoms with van der Waals surface area (Å²) in [6.45, 7) is 5.42. The lowest BCUT2D eigenvalue weighted by Gasteiger charge is -2.19. The Hall–Kier alpha value is -2.14. The van der Waals surface area contributed by atoms with Crippen molar-refractivity contribution in [3.8, 4) is 0 Å². The van der Waals surface area contributed by atoms with Crippen LogP contribution in [0, 0.1) is 0 Å². The molecule has 1 aromatic heterocycles. The van der Waals surface area contributed by atoms with E-state index in [1.165, 1.54) is 11.3 Å². The Bertz CT molecular complexity index is 723. The van der Waals surface area contributed by atoms with Crippen LogP contribution in [0.3, 0.4) is 0 Å². The van der Waals surface area contributed by atoms with E-state index in [9.17, 15) is 19.2 Å². The number of imide groups is 1. The summed E-state index contributed by atoms with van der Waals surface area (Å²) in [5.74, 6) is -1.37. The van der Waals surface area contributed by atoms with Crippen LogP contribution in [0.2, 0.25) is 0 Å². The Kier molecular flexibility index (Phi) is 6.59. The van der Waals surface area contributed by atoms with Crippen LogP contribution in [0.1, 0.15) is 32.9 Å². The summed E-state index contributed by atoms with van der Waals surface area (Å²) in [7, 11) is 0. The van der Waals surface area contributed by atoms with Gasteiger partial charge in [0.2, 0.25) is 5.91 Å². The van der Waals surface area contributed by atoms with Crippen LogP contribution in [0.5, 0.6) is 0 Å². The molecule has 1 aromatic rings. The fourth-order valence-corrected chi connectivity index (χ4v) is 3.74. The first-order chi connectivity index (χ1) is 12.3. The molecule has 1 unspecified atom stereocenters. The monoisotopic (exact) mass is 400 g/mol. The van der Waals surface area contributed by atoms with E-state index in [-0.39, 0.29) is 18.1 Å². The maximum absolute atomic E-state index is 12.2. The minimum absolute atomic E-state index is 0.0216. The minimum Gasteiger partial charge on any atom is -0.466 e. The number of thiazole rings is 1. The molecule has 0 spiro atoms. The highest BCUT2D eigenvalue weighted by Gasteiger charge is 2.47. The van der Waals surface area contributed by atoms with Gasteiger partial charge in [-0.2, -0.15) is 5.01 Å². The number of amides is 4. The van der Waals surface area contributed by atoms with Gasteiger partial charge in [-0.25, -0.2) is 9.78 Å². The molecule has 0 bridgehead atoms. The third-order valence-electron chi connectivity index (χ3n) is 3.69. The Morgan fingerprint density at radius 3 is 2.77 bits per heavy atom. The lowest BCUT2D eigenvalue weighted by atomic mass is 10.00. The molecule has 1 fully saturated rings. The standard InChI is InChI=1S/C15H20N4O5S2/c1-4-15(3)12(22)19(13(23)17-15)18-10(20)8-26-14-16-9(7-25-14)6-11(21)24-5-2/h7H,4-6,8H2,1-3H3,(H,17,23)(H,18,20). The van der Waals surface area contributed by atoms with Crippen molar-refractivity contribution in [1.82, 2.24) is 20.7 Å². The van der Waals surface area contributed by atoms with Gasteiger partial charge in [-0.15, -0.1) is 11.3 Å². The molecule has 11 heteroatoms. The van der Waals surface area contributed by atoms with E-state index < -0.39 is 23.4 Å². The molecular formula is C15H20N4O5S2. The molecule has 0 radical (unpaired) electrons. The summed E-state index contributed by atoms with van der Waals surface area (Å²) in [5.41, 5.74) is 1.88. The average Bonchev–Trinajstić information content (AvgIpc) is 3.11. The van der Waals surface area contributed by atoms with Gasteiger partial charge in [0, 0.05) is 5.38 Å². The van der Waals surface area contributed by atoms with E-state index in [1.807, 2.05) is 0 Å². The molecule has 1 aliphatic heterocycles. The number of nitrogens with one attached hydrogen (secondary N) is 2. The number of rotatable bonds is 8. The van der Waals surface area contributed by atoms with Crippen molar-refractivity contribution in [2.75, 3.05) is 12.4 Å². The predicted molar refractivity (Wildman–Crippen MR) is 95.4 cm³/mol.